The van der Waals surface area contributed by atoms with Gasteiger partial charge in [0.05, 0.1) is 19.3 Å². The second kappa shape index (κ2) is 8.78. The van der Waals surface area contributed by atoms with Crippen LogP contribution in [-0.2, 0) is 11.3 Å². The molecule has 0 bridgehead atoms. The number of carbonyl (C=O) groups is 1. The van der Waals surface area contributed by atoms with Crippen molar-refractivity contribution in [1.29, 1.82) is 0 Å². The first-order valence-electron chi connectivity index (χ1n) is 8.40. The first-order chi connectivity index (χ1) is 12.7. The molecule has 1 amide bonds. The predicted octanol–water partition coefficient (Wildman–Crippen LogP) is 3.01. The standard InChI is InChI=1S/C21H20N2O3/c24-21(20-13-7-8-14-23(20)25)22-19(18-11-5-2-6-12-18)16-26-15-17-9-3-1-4-10-17/h1-14,19H,15-16H2,(H,22,24). The summed E-state index contributed by atoms with van der Waals surface area (Å²) in [6, 6.07) is 23.8. The van der Waals surface area contributed by atoms with E-state index in [1.165, 1.54) is 12.3 Å². The molecule has 0 spiro atoms. The van der Waals surface area contributed by atoms with Crippen LogP contribution < -0.4 is 10.0 Å². The molecule has 2 aromatic carbocycles. The fourth-order valence-corrected chi connectivity index (χ4v) is 2.61. The molecule has 1 N–H and O–H groups in total. The Bertz CT molecular complexity index is 838. The number of nitrogens with one attached hydrogen (secondary N) is 1. The Morgan fingerprint density at radius 3 is 2.31 bits per heavy atom. The number of aromatic nitrogens is 1. The number of rotatable bonds is 7. The van der Waals surface area contributed by atoms with Crippen molar-refractivity contribution in [2.45, 2.75) is 12.6 Å². The van der Waals surface area contributed by atoms with Crippen LogP contribution in [0, 0.1) is 5.21 Å². The fourth-order valence-electron chi connectivity index (χ4n) is 2.61. The van der Waals surface area contributed by atoms with Gasteiger partial charge in [0.25, 0.3) is 5.69 Å². The molecule has 0 aliphatic carbocycles. The lowest BCUT2D eigenvalue weighted by Crippen LogP contribution is -2.41. The van der Waals surface area contributed by atoms with Crippen molar-refractivity contribution >= 4 is 5.91 Å². The van der Waals surface area contributed by atoms with Gasteiger partial charge in [-0.3, -0.25) is 4.79 Å². The molecule has 132 valence electrons. The highest BCUT2D eigenvalue weighted by Gasteiger charge is 2.21. The third kappa shape index (κ3) is 4.68. The highest BCUT2D eigenvalue weighted by atomic mass is 16.5. The normalized spacial score (nSPS) is 11.7. The Hall–Kier alpha value is -3.18. The fraction of sp³-hybridized carbons (Fsp3) is 0.143. The van der Waals surface area contributed by atoms with Crippen LogP contribution in [0.5, 0.6) is 0 Å². The van der Waals surface area contributed by atoms with Crippen LogP contribution in [-0.4, -0.2) is 12.5 Å². The Kier molecular flexibility index (Phi) is 5.96. The van der Waals surface area contributed by atoms with Gasteiger partial charge in [-0.2, -0.15) is 4.73 Å². The first-order valence-corrected chi connectivity index (χ1v) is 8.40. The van der Waals surface area contributed by atoms with E-state index in [0.717, 1.165) is 11.1 Å². The van der Waals surface area contributed by atoms with Gasteiger partial charge < -0.3 is 15.3 Å². The SMILES string of the molecule is O=C(NC(COCc1ccccc1)c1ccccc1)c1cccc[n+]1[O-]. The van der Waals surface area contributed by atoms with E-state index in [2.05, 4.69) is 5.32 Å². The van der Waals surface area contributed by atoms with Crippen molar-refractivity contribution in [3.8, 4) is 0 Å². The van der Waals surface area contributed by atoms with Crippen LogP contribution >= 0.6 is 0 Å². The summed E-state index contributed by atoms with van der Waals surface area (Å²) in [6.07, 6.45) is 1.30. The Morgan fingerprint density at radius 1 is 0.962 bits per heavy atom. The summed E-state index contributed by atoms with van der Waals surface area (Å²) in [5.41, 5.74) is 2.03. The predicted molar refractivity (Wildman–Crippen MR) is 98.1 cm³/mol. The van der Waals surface area contributed by atoms with Gasteiger partial charge in [0, 0.05) is 12.1 Å². The molecule has 1 heterocycles. The summed E-state index contributed by atoms with van der Waals surface area (Å²) < 4.78 is 6.36. The zero-order chi connectivity index (χ0) is 18.2. The van der Waals surface area contributed by atoms with Crippen LogP contribution in [0.2, 0.25) is 0 Å². The van der Waals surface area contributed by atoms with Crippen molar-refractivity contribution in [3.05, 3.63) is 107 Å². The van der Waals surface area contributed by atoms with Gasteiger partial charge in [-0.25, -0.2) is 0 Å². The Morgan fingerprint density at radius 2 is 1.62 bits per heavy atom. The van der Waals surface area contributed by atoms with Gasteiger partial charge in [-0.15, -0.1) is 0 Å². The van der Waals surface area contributed by atoms with Crippen LogP contribution in [0.25, 0.3) is 0 Å². The largest absolute Gasteiger partial charge is 0.618 e. The smallest absolute Gasteiger partial charge is 0.317 e. The van der Waals surface area contributed by atoms with E-state index in [4.69, 9.17) is 4.74 Å². The molecule has 3 rings (SSSR count). The van der Waals surface area contributed by atoms with Crippen LogP contribution in [0.4, 0.5) is 0 Å². The minimum Gasteiger partial charge on any atom is -0.618 e. The average Bonchev–Trinajstić information content (AvgIpc) is 2.69. The van der Waals surface area contributed by atoms with E-state index in [1.807, 2.05) is 60.7 Å². The van der Waals surface area contributed by atoms with Gasteiger partial charge in [0.15, 0.2) is 6.20 Å². The molecular formula is C21H20N2O3. The highest BCUT2D eigenvalue weighted by molar-refractivity contribution is 5.91. The van der Waals surface area contributed by atoms with Crippen molar-refractivity contribution in [3.63, 3.8) is 0 Å². The maximum Gasteiger partial charge on any atom is 0.317 e. The minimum atomic E-state index is -0.433. The minimum absolute atomic E-state index is 0.0523. The van der Waals surface area contributed by atoms with Crippen LogP contribution in [0.3, 0.4) is 0 Å². The summed E-state index contributed by atoms with van der Waals surface area (Å²) in [6.45, 7) is 0.753. The van der Waals surface area contributed by atoms with Gasteiger partial charge in [-0.05, 0) is 17.2 Å². The zero-order valence-electron chi connectivity index (χ0n) is 14.2. The van der Waals surface area contributed by atoms with Crippen molar-refractivity contribution in [2.75, 3.05) is 6.61 Å². The molecule has 0 saturated carbocycles. The molecular weight excluding hydrogens is 328 g/mol. The molecule has 1 aromatic heterocycles. The first kappa shape index (κ1) is 17.6. The quantitative estimate of drug-likeness (QED) is 0.527. The van der Waals surface area contributed by atoms with E-state index >= 15 is 0 Å². The number of nitrogens with zero attached hydrogens (tertiary/aromatic N) is 1. The number of pyridine rings is 1. The van der Waals surface area contributed by atoms with Crippen LogP contribution in [0.1, 0.15) is 27.7 Å². The molecule has 0 aliphatic rings. The van der Waals surface area contributed by atoms with Gasteiger partial charge in [0.1, 0.15) is 0 Å². The number of hydrogen-bond acceptors (Lipinski definition) is 3. The average molecular weight is 348 g/mol. The van der Waals surface area contributed by atoms with Crippen molar-refractivity contribution in [2.24, 2.45) is 0 Å². The molecule has 0 aliphatic heterocycles. The Balaban J connectivity index is 1.69. The third-order valence-corrected chi connectivity index (χ3v) is 3.96. The summed E-state index contributed by atoms with van der Waals surface area (Å²) in [4.78, 5) is 12.5. The molecule has 0 saturated heterocycles. The van der Waals surface area contributed by atoms with E-state index in [0.29, 0.717) is 17.9 Å². The number of carbonyl (C=O) groups excluding carboxylic acids is 1. The van der Waals surface area contributed by atoms with E-state index in [1.54, 1.807) is 12.1 Å². The highest BCUT2D eigenvalue weighted by Crippen LogP contribution is 2.15. The zero-order valence-corrected chi connectivity index (χ0v) is 14.2. The molecule has 26 heavy (non-hydrogen) atoms. The van der Waals surface area contributed by atoms with Gasteiger partial charge >= 0.3 is 5.91 Å². The molecule has 3 aromatic rings. The summed E-state index contributed by atoms with van der Waals surface area (Å²) in [7, 11) is 0. The maximum absolute atomic E-state index is 12.5. The lowest BCUT2D eigenvalue weighted by atomic mass is 10.1. The number of amides is 1. The number of ether oxygens (including phenoxy) is 1. The topological polar surface area (TPSA) is 65.3 Å². The third-order valence-electron chi connectivity index (χ3n) is 3.96. The summed E-state index contributed by atoms with van der Waals surface area (Å²) >= 11 is 0. The maximum atomic E-state index is 12.5. The van der Waals surface area contributed by atoms with Gasteiger partial charge in [-0.1, -0.05) is 60.7 Å². The molecule has 5 nitrogen and oxygen atoms in total. The van der Waals surface area contributed by atoms with Gasteiger partial charge in [0.2, 0.25) is 0 Å². The molecule has 5 heteroatoms. The molecule has 0 radical (unpaired) electrons. The summed E-state index contributed by atoms with van der Waals surface area (Å²) in [5, 5.41) is 14.7. The number of hydrogen-bond donors (Lipinski definition) is 1. The molecule has 0 fully saturated rings. The summed E-state index contributed by atoms with van der Waals surface area (Å²) in [5.74, 6) is -0.433. The second-order valence-electron chi connectivity index (χ2n) is 5.85. The van der Waals surface area contributed by atoms with E-state index < -0.39 is 5.91 Å². The number of benzene rings is 2. The van der Waals surface area contributed by atoms with Crippen molar-refractivity contribution < 1.29 is 14.3 Å². The second-order valence-corrected chi connectivity index (χ2v) is 5.85. The Labute approximate surface area is 152 Å². The van der Waals surface area contributed by atoms with E-state index in [-0.39, 0.29) is 11.7 Å². The van der Waals surface area contributed by atoms with E-state index in [9.17, 15) is 10.0 Å². The van der Waals surface area contributed by atoms with Crippen molar-refractivity contribution in [1.82, 2.24) is 5.32 Å². The van der Waals surface area contributed by atoms with Crippen LogP contribution in [0.15, 0.2) is 85.1 Å². The lowest BCUT2D eigenvalue weighted by Gasteiger charge is -2.19. The lowest BCUT2D eigenvalue weighted by molar-refractivity contribution is -0.607. The molecule has 1 unspecified atom stereocenters. The molecule has 1 atom stereocenters. The monoisotopic (exact) mass is 348 g/mol.